The summed E-state index contributed by atoms with van der Waals surface area (Å²) in [5, 5.41) is 23.2. The summed E-state index contributed by atoms with van der Waals surface area (Å²) in [4.78, 5) is 1.33. The van der Waals surface area contributed by atoms with Crippen LogP contribution in [0, 0.1) is 0 Å². The highest BCUT2D eigenvalue weighted by Crippen LogP contribution is 2.27. The SMILES string of the molecule is OC(COc1cc(Cl)ccc1Cl)Cn1nnc(-c2ccccc2)n1. The summed E-state index contributed by atoms with van der Waals surface area (Å²) in [6.45, 7) is 0.181. The van der Waals surface area contributed by atoms with Gasteiger partial charge in [0.15, 0.2) is 0 Å². The second-order valence-electron chi connectivity index (χ2n) is 5.07. The smallest absolute Gasteiger partial charge is 0.204 e. The molecule has 0 saturated heterocycles. The monoisotopic (exact) mass is 364 g/mol. The fourth-order valence-corrected chi connectivity index (χ4v) is 2.37. The lowest BCUT2D eigenvalue weighted by atomic mass is 10.2. The van der Waals surface area contributed by atoms with Crippen molar-refractivity contribution in [1.82, 2.24) is 20.2 Å². The molecule has 1 aromatic heterocycles. The molecule has 6 nitrogen and oxygen atoms in total. The molecule has 0 amide bonds. The van der Waals surface area contributed by atoms with E-state index in [0.717, 1.165) is 5.56 Å². The molecule has 1 atom stereocenters. The van der Waals surface area contributed by atoms with Crippen molar-refractivity contribution in [2.45, 2.75) is 12.6 Å². The highest BCUT2D eigenvalue weighted by Gasteiger charge is 2.12. The second kappa shape index (κ2) is 7.61. The largest absolute Gasteiger partial charge is 0.489 e. The lowest BCUT2D eigenvalue weighted by Crippen LogP contribution is -2.25. The Hall–Kier alpha value is -2.15. The predicted molar refractivity (Wildman–Crippen MR) is 91.2 cm³/mol. The molecule has 1 unspecified atom stereocenters. The van der Waals surface area contributed by atoms with Crippen molar-refractivity contribution < 1.29 is 9.84 Å². The van der Waals surface area contributed by atoms with Gasteiger partial charge in [-0.1, -0.05) is 53.5 Å². The number of tetrazole rings is 1. The Kier molecular flexibility index (Phi) is 5.30. The zero-order chi connectivity index (χ0) is 16.9. The summed E-state index contributed by atoms with van der Waals surface area (Å²) < 4.78 is 5.49. The zero-order valence-corrected chi connectivity index (χ0v) is 14.0. The predicted octanol–water partition coefficient (Wildman–Crippen LogP) is 3.09. The first-order valence-corrected chi connectivity index (χ1v) is 7.96. The van der Waals surface area contributed by atoms with Gasteiger partial charge < -0.3 is 9.84 Å². The van der Waals surface area contributed by atoms with E-state index in [-0.39, 0.29) is 13.2 Å². The normalized spacial score (nSPS) is 12.1. The lowest BCUT2D eigenvalue weighted by Gasteiger charge is -2.12. The quantitative estimate of drug-likeness (QED) is 0.727. The molecule has 0 saturated carbocycles. The number of halogens is 2. The minimum absolute atomic E-state index is 0.0300. The van der Waals surface area contributed by atoms with Crippen molar-refractivity contribution >= 4 is 23.2 Å². The Labute approximate surface area is 148 Å². The van der Waals surface area contributed by atoms with E-state index in [1.165, 1.54) is 4.80 Å². The first-order chi connectivity index (χ1) is 11.6. The highest BCUT2D eigenvalue weighted by atomic mass is 35.5. The van der Waals surface area contributed by atoms with Crippen LogP contribution in [0.2, 0.25) is 10.0 Å². The molecule has 1 heterocycles. The van der Waals surface area contributed by atoms with Crippen LogP contribution in [-0.2, 0) is 6.54 Å². The van der Waals surface area contributed by atoms with Crippen LogP contribution in [0.5, 0.6) is 5.75 Å². The van der Waals surface area contributed by atoms with Crippen molar-refractivity contribution in [2.75, 3.05) is 6.61 Å². The summed E-state index contributed by atoms with van der Waals surface area (Å²) >= 11 is 11.9. The van der Waals surface area contributed by atoms with Gasteiger partial charge in [-0.25, -0.2) is 0 Å². The molecule has 0 aliphatic rings. The Morgan fingerprint density at radius 1 is 1.12 bits per heavy atom. The average Bonchev–Trinajstić information content (AvgIpc) is 3.05. The van der Waals surface area contributed by atoms with E-state index in [1.54, 1.807) is 18.2 Å². The summed E-state index contributed by atoms with van der Waals surface area (Å²) in [6, 6.07) is 14.4. The van der Waals surface area contributed by atoms with Crippen LogP contribution < -0.4 is 4.74 Å². The molecule has 3 rings (SSSR count). The van der Waals surface area contributed by atoms with Crippen molar-refractivity contribution in [2.24, 2.45) is 0 Å². The molecule has 0 fully saturated rings. The number of aliphatic hydroxyl groups excluding tert-OH is 1. The minimum Gasteiger partial charge on any atom is -0.489 e. The average molecular weight is 365 g/mol. The molecule has 0 aliphatic carbocycles. The number of hydrogen-bond acceptors (Lipinski definition) is 5. The number of hydrogen-bond donors (Lipinski definition) is 1. The molecule has 0 bridgehead atoms. The molecule has 24 heavy (non-hydrogen) atoms. The molecular formula is C16H14Cl2N4O2. The van der Waals surface area contributed by atoms with E-state index >= 15 is 0 Å². The summed E-state index contributed by atoms with van der Waals surface area (Å²) in [5.41, 5.74) is 0.861. The van der Waals surface area contributed by atoms with Gasteiger partial charge in [-0.05, 0) is 17.3 Å². The Bertz CT molecular complexity index is 811. The molecule has 0 spiro atoms. The van der Waals surface area contributed by atoms with E-state index in [0.29, 0.717) is 21.6 Å². The molecule has 1 N–H and O–H groups in total. The number of aromatic nitrogens is 4. The maximum atomic E-state index is 10.1. The Balaban J connectivity index is 1.58. The van der Waals surface area contributed by atoms with E-state index in [2.05, 4.69) is 15.4 Å². The van der Waals surface area contributed by atoms with Crippen molar-refractivity contribution in [3.63, 3.8) is 0 Å². The number of ether oxygens (including phenoxy) is 1. The van der Waals surface area contributed by atoms with Gasteiger partial charge in [0, 0.05) is 16.7 Å². The summed E-state index contributed by atoms with van der Waals surface area (Å²) in [6.07, 6.45) is -0.821. The van der Waals surface area contributed by atoms with E-state index < -0.39 is 6.10 Å². The van der Waals surface area contributed by atoms with Crippen LogP contribution >= 0.6 is 23.2 Å². The van der Waals surface area contributed by atoms with Crippen LogP contribution in [0.3, 0.4) is 0 Å². The van der Waals surface area contributed by atoms with Gasteiger partial charge in [-0.15, -0.1) is 10.2 Å². The summed E-state index contributed by atoms with van der Waals surface area (Å²) in [7, 11) is 0. The molecule has 124 valence electrons. The standard InChI is InChI=1S/C16H14Cl2N4O2/c17-12-6-7-14(18)15(8-12)24-10-13(23)9-22-20-16(19-21-22)11-4-2-1-3-5-11/h1-8,13,23H,9-10H2. The van der Waals surface area contributed by atoms with Crippen LogP contribution in [0.1, 0.15) is 0 Å². The maximum absolute atomic E-state index is 10.1. The fourth-order valence-electron chi connectivity index (χ4n) is 2.04. The number of rotatable bonds is 6. The third-order valence-corrected chi connectivity index (χ3v) is 3.73. The van der Waals surface area contributed by atoms with Gasteiger partial charge in [0.2, 0.25) is 5.82 Å². The van der Waals surface area contributed by atoms with Gasteiger partial charge in [-0.2, -0.15) is 4.80 Å². The van der Waals surface area contributed by atoms with Gasteiger partial charge >= 0.3 is 0 Å². The van der Waals surface area contributed by atoms with Gasteiger partial charge in [-0.3, -0.25) is 0 Å². The van der Waals surface area contributed by atoms with Crippen LogP contribution in [0.15, 0.2) is 48.5 Å². The van der Waals surface area contributed by atoms with E-state index in [4.69, 9.17) is 27.9 Å². The van der Waals surface area contributed by atoms with E-state index in [9.17, 15) is 5.11 Å². The number of aliphatic hydroxyl groups is 1. The van der Waals surface area contributed by atoms with Crippen LogP contribution in [-0.4, -0.2) is 38.0 Å². The molecule has 3 aromatic rings. The van der Waals surface area contributed by atoms with Crippen LogP contribution in [0.4, 0.5) is 0 Å². The van der Waals surface area contributed by atoms with Gasteiger partial charge in [0.05, 0.1) is 11.6 Å². The van der Waals surface area contributed by atoms with Crippen molar-refractivity contribution in [3.05, 3.63) is 58.6 Å². The number of nitrogens with zero attached hydrogens (tertiary/aromatic N) is 4. The third kappa shape index (κ3) is 4.23. The third-order valence-electron chi connectivity index (χ3n) is 3.18. The van der Waals surface area contributed by atoms with Crippen LogP contribution in [0.25, 0.3) is 11.4 Å². The molecule has 0 aliphatic heterocycles. The second-order valence-corrected chi connectivity index (χ2v) is 5.92. The van der Waals surface area contributed by atoms with Crippen molar-refractivity contribution in [3.8, 4) is 17.1 Å². The van der Waals surface area contributed by atoms with E-state index in [1.807, 2.05) is 30.3 Å². The Morgan fingerprint density at radius 2 is 1.92 bits per heavy atom. The summed E-state index contributed by atoms with van der Waals surface area (Å²) in [5.74, 6) is 0.918. The first-order valence-electron chi connectivity index (χ1n) is 7.21. The molecule has 8 heteroatoms. The lowest BCUT2D eigenvalue weighted by molar-refractivity contribution is 0.0850. The highest BCUT2D eigenvalue weighted by molar-refractivity contribution is 6.34. The minimum atomic E-state index is -0.821. The number of benzene rings is 2. The molecule has 0 radical (unpaired) electrons. The molecule has 2 aromatic carbocycles. The topological polar surface area (TPSA) is 73.1 Å². The zero-order valence-electron chi connectivity index (χ0n) is 12.5. The Morgan fingerprint density at radius 3 is 2.71 bits per heavy atom. The maximum Gasteiger partial charge on any atom is 0.204 e. The first kappa shape index (κ1) is 16.7. The van der Waals surface area contributed by atoms with Gasteiger partial charge in [0.1, 0.15) is 18.5 Å². The molecular weight excluding hydrogens is 351 g/mol. The fraction of sp³-hybridized carbons (Fsp3) is 0.188. The van der Waals surface area contributed by atoms with Gasteiger partial charge in [0.25, 0.3) is 0 Å². The van der Waals surface area contributed by atoms with Crippen molar-refractivity contribution in [1.29, 1.82) is 0 Å².